The summed E-state index contributed by atoms with van der Waals surface area (Å²) in [5.41, 5.74) is 3.06. The highest BCUT2D eigenvalue weighted by atomic mass is 32.1. The average Bonchev–Trinajstić information content (AvgIpc) is 3.39. The Kier molecular flexibility index (Phi) is 6.28. The minimum Gasteiger partial charge on any atom is -0.352 e. The summed E-state index contributed by atoms with van der Waals surface area (Å²) in [7, 11) is 0. The van der Waals surface area contributed by atoms with Crippen molar-refractivity contribution in [2.75, 3.05) is 6.54 Å². The number of thiazole rings is 1. The van der Waals surface area contributed by atoms with Crippen LogP contribution in [0.3, 0.4) is 0 Å². The Labute approximate surface area is 192 Å². The third kappa shape index (κ3) is 5.11. The van der Waals surface area contributed by atoms with Gasteiger partial charge in [0.15, 0.2) is 5.82 Å². The van der Waals surface area contributed by atoms with Crippen LogP contribution in [0, 0.1) is 13.8 Å². The summed E-state index contributed by atoms with van der Waals surface area (Å²) in [5, 5.41) is 10.0. The maximum Gasteiger partial charge on any atom is 0.417 e. The maximum absolute atomic E-state index is 12.7. The van der Waals surface area contributed by atoms with Crippen molar-refractivity contribution in [3.63, 3.8) is 0 Å². The topological polar surface area (TPSA) is 72.7 Å². The van der Waals surface area contributed by atoms with Gasteiger partial charge < -0.3 is 5.32 Å². The van der Waals surface area contributed by atoms with E-state index >= 15 is 0 Å². The minimum absolute atomic E-state index is 0.204. The molecule has 33 heavy (non-hydrogen) atoms. The fraction of sp³-hybridized carbons (Fsp3) is 0.217. The molecular weight excluding hydrogens is 451 g/mol. The molecule has 3 heterocycles. The lowest BCUT2D eigenvalue weighted by molar-refractivity contribution is -0.137. The van der Waals surface area contributed by atoms with E-state index in [9.17, 15) is 18.0 Å². The molecule has 0 unspecified atom stereocenters. The summed E-state index contributed by atoms with van der Waals surface area (Å²) in [6.45, 7) is 4.06. The zero-order valence-corrected chi connectivity index (χ0v) is 18.7. The molecule has 4 aromatic rings. The zero-order chi connectivity index (χ0) is 23.6. The van der Waals surface area contributed by atoms with Crippen LogP contribution in [-0.4, -0.2) is 32.2 Å². The molecule has 0 aliphatic carbocycles. The molecule has 0 aliphatic rings. The van der Waals surface area contributed by atoms with Gasteiger partial charge in [-0.2, -0.15) is 18.3 Å². The molecule has 0 bridgehead atoms. The van der Waals surface area contributed by atoms with Crippen molar-refractivity contribution in [3.05, 3.63) is 81.6 Å². The van der Waals surface area contributed by atoms with E-state index < -0.39 is 11.7 Å². The van der Waals surface area contributed by atoms with Gasteiger partial charge >= 0.3 is 6.18 Å². The molecule has 0 spiro atoms. The number of alkyl halides is 3. The van der Waals surface area contributed by atoms with Gasteiger partial charge in [-0.05, 0) is 38.0 Å². The van der Waals surface area contributed by atoms with Crippen LogP contribution in [0.4, 0.5) is 13.2 Å². The Hall–Kier alpha value is -3.53. The van der Waals surface area contributed by atoms with E-state index in [1.54, 1.807) is 18.3 Å². The molecule has 0 atom stereocenters. The fourth-order valence-electron chi connectivity index (χ4n) is 3.30. The number of hydrogen-bond donors (Lipinski definition) is 1. The summed E-state index contributed by atoms with van der Waals surface area (Å²) in [5.74, 6) is -0.102. The summed E-state index contributed by atoms with van der Waals surface area (Å²) < 4.78 is 39.5. The zero-order valence-electron chi connectivity index (χ0n) is 17.8. The number of carbonyl (C=O) groups excluding carboxylic acids is 1. The number of carbonyl (C=O) groups is 1. The van der Waals surface area contributed by atoms with Crippen molar-refractivity contribution in [1.29, 1.82) is 0 Å². The second kappa shape index (κ2) is 9.14. The predicted octanol–water partition coefficient (Wildman–Crippen LogP) is 5.00. The third-order valence-electron chi connectivity index (χ3n) is 5.11. The van der Waals surface area contributed by atoms with Crippen LogP contribution in [0.25, 0.3) is 17.1 Å². The van der Waals surface area contributed by atoms with Gasteiger partial charge in [0.1, 0.15) is 0 Å². The standard InChI is InChI=1S/C23H20F3N5OS/c1-14-19(12-29-31(14)21-8-7-18(11-28-21)23(24,25)26)22(32)27-10-9-16-3-5-17(6-4-16)20-13-33-15(2)30-20/h3-8,11-13H,9-10H2,1-2H3,(H,27,32). The van der Waals surface area contributed by atoms with E-state index in [-0.39, 0.29) is 11.7 Å². The first-order chi connectivity index (χ1) is 15.7. The largest absolute Gasteiger partial charge is 0.417 e. The van der Waals surface area contributed by atoms with Gasteiger partial charge in [-0.3, -0.25) is 4.79 Å². The first-order valence-electron chi connectivity index (χ1n) is 10.1. The summed E-state index contributed by atoms with van der Waals surface area (Å²) in [6, 6.07) is 10.2. The third-order valence-corrected chi connectivity index (χ3v) is 5.89. The molecule has 0 saturated carbocycles. The van der Waals surface area contributed by atoms with Crippen molar-refractivity contribution < 1.29 is 18.0 Å². The quantitative estimate of drug-likeness (QED) is 0.430. The Morgan fingerprint density at radius 3 is 2.45 bits per heavy atom. The Morgan fingerprint density at radius 2 is 1.85 bits per heavy atom. The number of hydrogen-bond acceptors (Lipinski definition) is 5. The normalized spacial score (nSPS) is 11.5. The number of nitrogens with one attached hydrogen (secondary N) is 1. The van der Waals surface area contributed by atoms with Gasteiger partial charge in [0.2, 0.25) is 0 Å². The van der Waals surface area contributed by atoms with Crippen molar-refractivity contribution >= 4 is 17.2 Å². The monoisotopic (exact) mass is 471 g/mol. The number of rotatable bonds is 6. The molecule has 0 radical (unpaired) electrons. The maximum atomic E-state index is 12.7. The lowest BCUT2D eigenvalue weighted by atomic mass is 10.1. The van der Waals surface area contributed by atoms with Crippen LogP contribution in [0.1, 0.15) is 32.2 Å². The van der Waals surface area contributed by atoms with E-state index in [0.717, 1.165) is 34.1 Å². The molecule has 10 heteroatoms. The molecule has 1 amide bonds. The fourth-order valence-corrected chi connectivity index (χ4v) is 3.92. The van der Waals surface area contributed by atoms with Crippen LogP contribution >= 0.6 is 11.3 Å². The van der Waals surface area contributed by atoms with Crippen molar-refractivity contribution in [3.8, 4) is 17.1 Å². The summed E-state index contributed by atoms with van der Waals surface area (Å²) in [4.78, 5) is 20.9. The highest BCUT2D eigenvalue weighted by Gasteiger charge is 2.30. The van der Waals surface area contributed by atoms with E-state index in [4.69, 9.17) is 0 Å². The molecule has 4 rings (SSSR count). The van der Waals surface area contributed by atoms with Crippen LogP contribution in [0.5, 0.6) is 0 Å². The lowest BCUT2D eigenvalue weighted by Gasteiger charge is -2.08. The number of pyridine rings is 1. The minimum atomic E-state index is -4.46. The first kappa shape index (κ1) is 22.7. The van der Waals surface area contributed by atoms with Crippen molar-refractivity contribution in [2.24, 2.45) is 0 Å². The van der Waals surface area contributed by atoms with Crippen LogP contribution in [0.2, 0.25) is 0 Å². The van der Waals surface area contributed by atoms with Gasteiger partial charge in [0, 0.05) is 23.7 Å². The Balaban J connectivity index is 1.36. The lowest BCUT2D eigenvalue weighted by Crippen LogP contribution is -2.26. The smallest absolute Gasteiger partial charge is 0.352 e. The highest BCUT2D eigenvalue weighted by molar-refractivity contribution is 7.09. The number of nitrogens with zero attached hydrogens (tertiary/aromatic N) is 4. The van der Waals surface area contributed by atoms with E-state index in [1.807, 2.05) is 36.6 Å². The number of benzene rings is 1. The molecule has 170 valence electrons. The van der Waals surface area contributed by atoms with Crippen LogP contribution in [0.15, 0.2) is 54.2 Å². The Morgan fingerprint density at radius 1 is 1.09 bits per heavy atom. The van der Waals surface area contributed by atoms with Gasteiger partial charge in [0.05, 0.1) is 33.7 Å². The second-order valence-corrected chi connectivity index (χ2v) is 8.48. The van der Waals surface area contributed by atoms with E-state index in [2.05, 4.69) is 20.4 Å². The molecule has 3 aromatic heterocycles. The summed E-state index contributed by atoms with van der Waals surface area (Å²) >= 11 is 1.61. The number of aromatic nitrogens is 4. The van der Waals surface area contributed by atoms with Crippen molar-refractivity contribution in [2.45, 2.75) is 26.4 Å². The van der Waals surface area contributed by atoms with Crippen LogP contribution in [-0.2, 0) is 12.6 Å². The molecule has 1 N–H and O–H groups in total. The molecule has 0 saturated heterocycles. The van der Waals surface area contributed by atoms with Gasteiger partial charge in [0.25, 0.3) is 5.91 Å². The van der Waals surface area contributed by atoms with Gasteiger partial charge in [-0.25, -0.2) is 14.6 Å². The average molecular weight is 472 g/mol. The summed E-state index contributed by atoms with van der Waals surface area (Å²) in [6.07, 6.45) is -1.68. The number of halogens is 3. The molecule has 1 aromatic carbocycles. The highest BCUT2D eigenvalue weighted by Crippen LogP contribution is 2.29. The predicted molar refractivity (Wildman–Crippen MR) is 119 cm³/mol. The second-order valence-electron chi connectivity index (χ2n) is 7.41. The Bertz CT molecular complexity index is 1260. The molecule has 0 aliphatic heterocycles. The van der Waals surface area contributed by atoms with Gasteiger partial charge in [-0.1, -0.05) is 24.3 Å². The molecule has 0 fully saturated rings. The van der Waals surface area contributed by atoms with E-state index in [1.165, 1.54) is 16.9 Å². The molecular formula is C23H20F3N5OS. The first-order valence-corrected chi connectivity index (χ1v) is 11.0. The number of amides is 1. The van der Waals surface area contributed by atoms with Gasteiger partial charge in [-0.15, -0.1) is 11.3 Å². The van der Waals surface area contributed by atoms with E-state index in [0.29, 0.717) is 24.2 Å². The SMILES string of the molecule is Cc1nc(-c2ccc(CCNC(=O)c3cnn(-c4ccc(C(F)(F)F)cn4)c3C)cc2)cs1. The number of aryl methyl sites for hydroxylation is 1. The molecule has 6 nitrogen and oxygen atoms in total. The van der Waals surface area contributed by atoms with Crippen molar-refractivity contribution in [1.82, 2.24) is 25.1 Å². The van der Waals surface area contributed by atoms with Crippen LogP contribution < -0.4 is 5.32 Å².